The van der Waals surface area contributed by atoms with Gasteiger partial charge in [-0.2, -0.15) is 0 Å². The molecule has 1 aromatic rings. The van der Waals surface area contributed by atoms with Crippen LogP contribution < -0.4 is 21.5 Å². The summed E-state index contributed by atoms with van der Waals surface area (Å²) in [5.74, 6) is 1.28. The largest absolute Gasteiger partial charge is 0.391 e. The highest BCUT2D eigenvalue weighted by Crippen LogP contribution is 2.20. The van der Waals surface area contributed by atoms with Gasteiger partial charge in [-0.3, -0.25) is 4.79 Å². The number of anilines is 2. The van der Waals surface area contributed by atoms with Crippen LogP contribution in [0.5, 0.6) is 0 Å². The van der Waals surface area contributed by atoms with Gasteiger partial charge < -0.3 is 20.9 Å². The van der Waals surface area contributed by atoms with Gasteiger partial charge in [0.15, 0.2) is 5.82 Å². The van der Waals surface area contributed by atoms with Crippen molar-refractivity contribution in [2.75, 3.05) is 36.8 Å². The molecule has 0 unspecified atom stereocenters. The molecule has 19 heavy (non-hydrogen) atoms. The summed E-state index contributed by atoms with van der Waals surface area (Å²) in [5, 5.41) is 3.37. The molecule has 0 aliphatic carbocycles. The number of nitrogens with one attached hydrogen (secondary N) is 2. The van der Waals surface area contributed by atoms with Gasteiger partial charge in [0.1, 0.15) is 5.69 Å². The van der Waals surface area contributed by atoms with Crippen molar-refractivity contribution in [1.29, 1.82) is 0 Å². The van der Waals surface area contributed by atoms with Gasteiger partial charge in [-0.05, 0) is 38.3 Å². The first-order chi connectivity index (χ1) is 9.22. The first-order valence-corrected chi connectivity index (χ1v) is 7.01. The topological polar surface area (TPSA) is 87.0 Å². The number of rotatable bonds is 5. The molecule has 1 aromatic heterocycles. The first kappa shape index (κ1) is 13.9. The number of hydrogen-bond acceptors (Lipinski definition) is 5. The summed E-state index contributed by atoms with van der Waals surface area (Å²) in [6.07, 6.45) is 4.78. The molecule has 2 rings (SSSR count). The summed E-state index contributed by atoms with van der Waals surface area (Å²) in [7, 11) is 0. The fourth-order valence-corrected chi connectivity index (χ4v) is 2.58. The third kappa shape index (κ3) is 3.47. The monoisotopic (exact) mass is 265 g/mol. The molecule has 1 fully saturated rings. The predicted octanol–water partition coefficient (Wildman–Crippen LogP) is 0.568. The summed E-state index contributed by atoms with van der Waals surface area (Å²) in [5.41, 5.74) is 5.83. The highest BCUT2D eigenvalue weighted by atomic mass is 16.1. The van der Waals surface area contributed by atoms with Crippen LogP contribution in [0.25, 0.3) is 0 Å². The second-order valence-electron chi connectivity index (χ2n) is 5.11. The molecule has 106 valence electrons. The van der Waals surface area contributed by atoms with E-state index in [2.05, 4.69) is 27.1 Å². The summed E-state index contributed by atoms with van der Waals surface area (Å²) in [6.45, 7) is 6.07. The van der Waals surface area contributed by atoms with E-state index in [9.17, 15) is 4.79 Å². The number of piperidine rings is 1. The van der Waals surface area contributed by atoms with E-state index >= 15 is 0 Å². The third-order valence-electron chi connectivity index (χ3n) is 3.60. The number of nitrogens with two attached hydrogens (primary N) is 1. The molecule has 4 N–H and O–H groups in total. The molecule has 6 heteroatoms. The van der Waals surface area contributed by atoms with Crippen LogP contribution in [0.2, 0.25) is 0 Å². The van der Waals surface area contributed by atoms with Crippen molar-refractivity contribution in [3.63, 3.8) is 0 Å². The molecule has 6 nitrogen and oxygen atoms in total. The van der Waals surface area contributed by atoms with Crippen LogP contribution in [0.1, 0.15) is 26.2 Å². The Balaban J connectivity index is 2.14. The molecule has 1 aliphatic heterocycles. The van der Waals surface area contributed by atoms with E-state index in [1.807, 2.05) is 0 Å². The lowest BCUT2D eigenvalue weighted by Crippen LogP contribution is -2.38. The number of nitrogens with zero attached hydrogens (tertiary/aromatic N) is 2. The summed E-state index contributed by atoms with van der Waals surface area (Å²) >= 11 is 0. The smallest absolute Gasteiger partial charge is 0.276 e. The highest BCUT2D eigenvalue weighted by molar-refractivity contribution is 5.60. The van der Waals surface area contributed by atoms with Crippen molar-refractivity contribution < 1.29 is 0 Å². The Bertz CT molecular complexity index is 453. The fraction of sp³-hybridized carbons (Fsp3) is 0.692. The molecule has 0 aromatic carbocycles. The van der Waals surface area contributed by atoms with Crippen molar-refractivity contribution >= 4 is 11.5 Å². The van der Waals surface area contributed by atoms with Crippen molar-refractivity contribution in [2.24, 2.45) is 5.92 Å². The SMILES string of the molecule is CCCN(CC1CCNCC1)c1nc[nH]c(=O)c1N. The van der Waals surface area contributed by atoms with E-state index in [0.717, 1.165) is 32.6 Å². The van der Waals surface area contributed by atoms with Crippen LogP contribution in [0, 0.1) is 5.92 Å². The van der Waals surface area contributed by atoms with E-state index in [0.29, 0.717) is 11.7 Å². The van der Waals surface area contributed by atoms with Crippen molar-refractivity contribution in [2.45, 2.75) is 26.2 Å². The molecule has 0 radical (unpaired) electrons. The number of aromatic nitrogens is 2. The zero-order valence-corrected chi connectivity index (χ0v) is 11.5. The minimum absolute atomic E-state index is 0.227. The molecule has 1 saturated heterocycles. The maximum atomic E-state index is 11.6. The normalized spacial score (nSPS) is 16.5. The molecule has 0 bridgehead atoms. The molecule has 0 amide bonds. The zero-order valence-electron chi connectivity index (χ0n) is 11.5. The van der Waals surface area contributed by atoms with Crippen molar-refractivity contribution in [3.05, 3.63) is 16.7 Å². The lowest BCUT2D eigenvalue weighted by atomic mass is 9.97. The van der Waals surface area contributed by atoms with Crippen LogP contribution >= 0.6 is 0 Å². The average molecular weight is 265 g/mol. The number of H-pyrrole nitrogens is 1. The Hall–Kier alpha value is -1.56. The average Bonchev–Trinajstić information content (AvgIpc) is 2.43. The summed E-state index contributed by atoms with van der Waals surface area (Å²) in [4.78, 5) is 20.5. The molecular formula is C13H23N5O. The van der Waals surface area contributed by atoms with Gasteiger partial charge >= 0.3 is 0 Å². The lowest BCUT2D eigenvalue weighted by Gasteiger charge is -2.31. The Morgan fingerprint density at radius 2 is 2.21 bits per heavy atom. The van der Waals surface area contributed by atoms with Gasteiger partial charge in [-0.1, -0.05) is 6.92 Å². The van der Waals surface area contributed by atoms with Gasteiger partial charge in [0, 0.05) is 13.1 Å². The Kier molecular flexibility index (Phi) is 4.79. The second kappa shape index (κ2) is 6.56. The van der Waals surface area contributed by atoms with Gasteiger partial charge in [0.25, 0.3) is 5.56 Å². The zero-order chi connectivity index (χ0) is 13.7. The van der Waals surface area contributed by atoms with E-state index < -0.39 is 0 Å². The lowest BCUT2D eigenvalue weighted by molar-refractivity contribution is 0.373. The second-order valence-corrected chi connectivity index (χ2v) is 5.11. The van der Waals surface area contributed by atoms with Gasteiger partial charge in [0.2, 0.25) is 0 Å². The minimum atomic E-state index is -0.253. The Morgan fingerprint density at radius 1 is 1.47 bits per heavy atom. The highest BCUT2D eigenvalue weighted by Gasteiger charge is 2.19. The number of hydrogen-bond donors (Lipinski definition) is 3. The quantitative estimate of drug-likeness (QED) is 0.724. The van der Waals surface area contributed by atoms with Gasteiger partial charge in [-0.25, -0.2) is 4.98 Å². The Morgan fingerprint density at radius 3 is 2.89 bits per heavy atom. The van der Waals surface area contributed by atoms with Crippen molar-refractivity contribution in [3.8, 4) is 0 Å². The van der Waals surface area contributed by atoms with Crippen LogP contribution in [0.4, 0.5) is 11.5 Å². The van der Waals surface area contributed by atoms with Crippen molar-refractivity contribution in [1.82, 2.24) is 15.3 Å². The predicted molar refractivity (Wildman–Crippen MR) is 77.4 cm³/mol. The Labute approximate surface area is 113 Å². The standard InChI is InChI=1S/C13H23N5O/c1-2-7-18(8-10-3-5-15-6-4-10)12-11(14)13(19)17-9-16-12/h9-10,15H,2-8,14H2,1H3,(H,16,17,19). The van der Waals surface area contributed by atoms with Gasteiger partial charge in [-0.15, -0.1) is 0 Å². The van der Waals surface area contributed by atoms with E-state index in [1.165, 1.54) is 19.2 Å². The maximum absolute atomic E-state index is 11.6. The molecule has 0 atom stereocenters. The third-order valence-corrected chi connectivity index (χ3v) is 3.60. The van der Waals surface area contributed by atoms with Crippen LogP contribution in [0.15, 0.2) is 11.1 Å². The van der Waals surface area contributed by atoms with Crippen LogP contribution in [-0.4, -0.2) is 36.1 Å². The maximum Gasteiger partial charge on any atom is 0.276 e. The fourth-order valence-electron chi connectivity index (χ4n) is 2.58. The number of nitrogen functional groups attached to an aromatic ring is 1. The molecule has 0 spiro atoms. The van der Waals surface area contributed by atoms with E-state index in [4.69, 9.17) is 5.73 Å². The molecule has 2 heterocycles. The molecular weight excluding hydrogens is 242 g/mol. The molecule has 1 aliphatic rings. The van der Waals surface area contributed by atoms with Gasteiger partial charge in [0.05, 0.1) is 6.33 Å². The minimum Gasteiger partial charge on any atom is -0.391 e. The van der Waals surface area contributed by atoms with E-state index in [-0.39, 0.29) is 11.2 Å². The summed E-state index contributed by atoms with van der Waals surface area (Å²) in [6, 6.07) is 0. The van der Waals surface area contributed by atoms with Crippen LogP contribution in [0.3, 0.4) is 0 Å². The summed E-state index contributed by atoms with van der Waals surface area (Å²) < 4.78 is 0. The number of aromatic amines is 1. The first-order valence-electron chi connectivity index (χ1n) is 7.01. The van der Waals surface area contributed by atoms with E-state index in [1.54, 1.807) is 0 Å². The molecule has 0 saturated carbocycles. The van der Waals surface area contributed by atoms with Crippen LogP contribution in [-0.2, 0) is 0 Å².